The Balaban J connectivity index is 2.03. The van der Waals surface area contributed by atoms with Gasteiger partial charge in [-0.3, -0.25) is 0 Å². The summed E-state index contributed by atoms with van der Waals surface area (Å²) in [5, 5.41) is 0.689. The minimum absolute atomic E-state index is 0.134. The molecule has 0 spiro atoms. The van der Waals surface area contributed by atoms with Gasteiger partial charge in [0.05, 0.1) is 0 Å². The Labute approximate surface area is 145 Å². The number of hydrogen-bond donors (Lipinski definition) is 0. The van der Waals surface area contributed by atoms with Gasteiger partial charge < -0.3 is 0 Å². The van der Waals surface area contributed by atoms with E-state index in [9.17, 15) is 8.78 Å². The van der Waals surface area contributed by atoms with Crippen LogP contribution < -0.4 is 0 Å². The van der Waals surface area contributed by atoms with Crippen molar-refractivity contribution >= 4 is 11.6 Å². The summed E-state index contributed by atoms with van der Waals surface area (Å²) in [5.41, 5.74) is 4.57. The van der Waals surface area contributed by atoms with Gasteiger partial charge in [0.25, 0.3) is 0 Å². The summed E-state index contributed by atoms with van der Waals surface area (Å²) in [7, 11) is 0. The summed E-state index contributed by atoms with van der Waals surface area (Å²) >= 11 is 5.92. The molecule has 0 aliphatic heterocycles. The molecule has 0 heterocycles. The van der Waals surface area contributed by atoms with Crippen molar-refractivity contribution in [2.45, 2.75) is 20.3 Å². The van der Waals surface area contributed by atoms with E-state index >= 15 is 0 Å². The predicted molar refractivity (Wildman–Crippen MR) is 96.4 cm³/mol. The van der Waals surface area contributed by atoms with Gasteiger partial charge >= 0.3 is 0 Å². The van der Waals surface area contributed by atoms with Crippen LogP contribution in [-0.2, 0) is 6.42 Å². The van der Waals surface area contributed by atoms with Gasteiger partial charge in [-0.05, 0) is 65.4 Å². The van der Waals surface area contributed by atoms with Crippen LogP contribution in [0.15, 0.2) is 54.6 Å². The molecule has 122 valence electrons. The van der Waals surface area contributed by atoms with Crippen molar-refractivity contribution in [1.29, 1.82) is 0 Å². The van der Waals surface area contributed by atoms with Gasteiger partial charge in [-0.15, -0.1) is 0 Å². The normalized spacial score (nSPS) is 10.9. The van der Waals surface area contributed by atoms with E-state index in [-0.39, 0.29) is 5.56 Å². The maximum absolute atomic E-state index is 14.1. The number of rotatable bonds is 3. The van der Waals surface area contributed by atoms with Crippen LogP contribution in [0.25, 0.3) is 22.3 Å². The Bertz CT molecular complexity index is 860. The summed E-state index contributed by atoms with van der Waals surface area (Å²) in [5.74, 6) is -0.984. The zero-order valence-electron chi connectivity index (χ0n) is 13.5. The van der Waals surface area contributed by atoms with Gasteiger partial charge in [-0.1, -0.05) is 48.9 Å². The van der Waals surface area contributed by atoms with Gasteiger partial charge in [-0.25, -0.2) is 8.78 Å². The molecular formula is C21H17ClF2. The van der Waals surface area contributed by atoms with E-state index in [2.05, 4.69) is 0 Å². The molecule has 3 rings (SSSR count). The Morgan fingerprint density at radius 3 is 1.92 bits per heavy atom. The molecule has 0 radical (unpaired) electrons. The molecule has 0 aliphatic carbocycles. The average molecular weight is 343 g/mol. The molecule has 0 saturated carbocycles. The highest BCUT2D eigenvalue weighted by molar-refractivity contribution is 6.30. The fourth-order valence-corrected chi connectivity index (χ4v) is 3.03. The Hall–Kier alpha value is -2.19. The van der Waals surface area contributed by atoms with E-state index < -0.39 is 11.6 Å². The largest absolute Gasteiger partial charge is 0.207 e. The SMILES string of the molecule is CCc1c(F)cc(-c2ccc(-c3ccc(Cl)cc3)cc2C)cc1F. The van der Waals surface area contributed by atoms with Crippen LogP contribution >= 0.6 is 11.6 Å². The van der Waals surface area contributed by atoms with Crippen LogP contribution in [-0.4, -0.2) is 0 Å². The minimum atomic E-state index is -0.492. The number of halogens is 3. The highest BCUT2D eigenvalue weighted by Gasteiger charge is 2.12. The topological polar surface area (TPSA) is 0 Å². The van der Waals surface area contributed by atoms with Crippen molar-refractivity contribution in [3.8, 4) is 22.3 Å². The number of hydrogen-bond acceptors (Lipinski definition) is 0. The average Bonchev–Trinajstić information content (AvgIpc) is 2.55. The first kappa shape index (κ1) is 16.7. The van der Waals surface area contributed by atoms with Crippen LogP contribution in [0, 0.1) is 18.6 Å². The van der Waals surface area contributed by atoms with Crippen LogP contribution in [0.3, 0.4) is 0 Å². The Kier molecular flexibility index (Phi) is 4.68. The van der Waals surface area contributed by atoms with Crippen LogP contribution in [0.5, 0.6) is 0 Å². The molecule has 24 heavy (non-hydrogen) atoms. The molecule has 0 saturated heterocycles. The lowest BCUT2D eigenvalue weighted by atomic mass is 9.94. The molecule has 0 N–H and O–H groups in total. The summed E-state index contributed by atoms with van der Waals surface area (Å²) in [6, 6.07) is 16.3. The molecular weight excluding hydrogens is 326 g/mol. The third-order valence-corrected chi connectivity index (χ3v) is 4.46. The van der Waals surface area contributed by atoms with Gasteiger partial charge in [0.2, 0.25) is 0 Å². The summed E-state index contributed by atoms with van der Waals surface area (Å²) in [6.45, 7) is 3.69. The minimum Gasteiger partial charge on any atom is -0.207 e. The van der Waals surface area contributed by atoms with E-state index in [0.717, 1.165) is 22.3 Å². The lowest BCUT2D eigenvalue weighted by Crippen LogP contribution is -1.96. The molecule has 3 heteroatoms. The second-order valence-electron chi connectivity index (χ2n) is 5.81. The first-order valence-corrected chi connectivity index (χ1v) is 8.22. The van der Waals surface area contributed by atoms with Gasteiger partial charge in [-0.2, -0.15) is 0 Å². The molecule has 0 aliphatic rings. The molecule has 3 aromatic carbocycles. The van der Waals surface area contributed by atoms with Crippen molar-refractivity contribution in [2.75, 3.05) is 0 Å². The highest BCUT2D eigenvalue weighted by Crippen LogP contribution is 2.31. The lowest BCUT2D eigenvalue weighted by molar-refractivity contribution is 0.560. The zero-order chi connectivity index (χ0) is 17.3. The number of benzene rings is 3. The van der Waals surface area contributed by atoms with Crippen molar-refractivity contribution in [3.63, 3.8) is 0 Å². The van der Waals surface area contributed by atoms with Crippen molar-refractivity contribution in [1.82, 2.24) is 0 Å². The van der Waals surface area contributed by atoms with E-state index in [1.165, 1.54) is 12.1 Å². The molecule has 0 aromatic heterocycles. The van der Waals surface area contributed by atoms with Crippen LogP contribution in [0.1, 0.15) is 18.1 Å². The van der Waals surface area contributed by atoms with Gasteiger partial charge in [0.1, 0.15) is 11.6 Å². The van der Waals surface area contributed by atoms with Crippen molar-refractivity contribution in [3.05, 3.63) is 82.4 Å². The second kappa shape index (κ2) is 6.74. The molecule has 0 atom stereocenters. The Morgan fingerprint density at radius 2 is 1.38 bits per heavy atom. The fraction of sp³-hybridized carbons (Fsp3) is 0.143. The quantitative estimate of drug-likeness (QED) is 0.489. The standard InChI is InChI=1S/C21H17ClF2/c1-3-18-20(23)11-16(12-21(18)24)19-9-6-15(10-13(19)2)14-4-7-17(22)8-5-14/h4-12H,3H2,1-2H3. The van der Waals surface area contributed by atoms with Gasteiger partial charge in [0.15, 0.2) is 0 Å². The maximum Gasteiger partial charge on any atom is 0.129 e. The third kappa shape index (κ3) is 3.20. The first-order valence-electron chi connectivity index (χ1n) is 7.84. The molecule has 0 fully saturated rings. The van der Waals surface area contributed by atoms with Crippen LogP contribution in [0.4, 0.5) is 8.78 Å². The second-order valence-corrected chi connectivity index (χ2v) is 6.25. The highest BCUT2D eigenvalue weighted by atomic mass is 35.5. The molecule has 3 aromatic rings. The lowest BCUT2D eigenvalue weighted by Gasteiger charge is -2.11. The fourth-order valence-electron chi connectivity index (χ4n) is 2.91. The molecule has 0 unspecified atom stereocenters. The van der Waals surface area contributed by atoms with E-state index in [1.807, 2.05) is 49.4 Å². The number of aryl methyl sites for hydroxylation is 1. The summed E-state index contributed by atoms with van der Waals surface area (Å²) in [6.07, 6.45) is 0.340. The van der Waals surface area contributed by atoms with Crippen molar-refractivity contribution in [2.24, 2.45) is 0 Å². The van der Waals surface area contributed by atoms with Gasteiger partial charge in [0, 0.05) is 10.6 Å². The monoisotopic (exact) mass is 342 g/mol. The van der Waals surface area contributed by atoms with E-state index in [4.69, 9.17) is 11.6 Å². The van der Waals surface area contributed by atoms with Crippen molar-refractivity contribution < 1.29 is 8.78 Å². The summed E-state index contributed by atoms with van der Waals surface area (Å²) in [4.78, 5) is 0. The third-order valence-electron chi connectivity index (χ3n) is 4.21. The van der Waals surface area contributed by atoms with E-state index in [1.54, 1.807) is 6.92 Å². The molecule has 0 nitrogen and oxygen atoms in total. The first-order chi connectivity index (χ1) is 11.5. The molecule has 0 amide bonds. The maximum atomic E-state index is 14.1. The molecule has 0 bridgehead atoms. The zero-order valence-corrected chi connectivity index (χ0v) is 14.3. The predicted octanol–water partition coefficient (Wildman–Crippen LogP) is 6.82. The van der Waals surface area contributed by atoms with Crippen LogP contribution in [0.2, 0.25) is 5.02 Å². The van der Waals surface area contributed by atoms with E-state index in [0.29, 0.717) is 17.0 Å². The Morgan fingerprint density at radius 1 is 0.792 bits per heavy atom. The smallest absolute Gasteiger partial charge is 0.129 e. The summed E-state index contributed by atoms with van der Waals surface area (Å²) < 4.78 is 28.1.